The van der Waals surface area contributed by atoms with E-state index >= 15 is 0 Å². The van der Waals surface area contributed by atoms with Crippen LogP contribution in [0.2, 0.25) is 0 Å². The molecule has 0 radical (unpaired) electrons. The Balaban J connectivity index is 1.35. The molecule has 4 saturated carbocycles. The fourth-order valence-corrected chi connectivity index (χ4v) is 10.4. The van der Waals surface area contributed by atoms with Crippen LogP contribution in [-0.2, 0) is 19.2 Å². The van der Waals surface area contributed by atoms with Crippen molar-refractivity contribution < 1.29 is 34.5 Å². The lowest BCUT2D eigenvalue weighted by atomic mass is 9.40. The van der Waals surface area contributed by atoms with Gasteiger partial charge in [0.25, 0.3) is 11.8 Å². The third-order valence-corrected chi connectivity index (χ3v) is 12.3. The van der Waals surface area contributed by atoms with Gasteiger partial charge < -0.3 is 20.2 Å². The fraction of sp³-hybridized carbons (Fsp3) is 0.900. The van der Waals surface area contributed by atoms with Gasteiger partial charge >= 0.3 is 5.97 Å². The first-order chi connectivity index (χ1) is 17.7. The van der Waals surface area contributed by atoms with Gasteiger partial charge in [-0.3, -0.25) is 9.59 Å². The first-order valence-electron chi connectivity index (χ1n) is 14.9. The van der Waals surface area contributed by atoms with Crippen LogP contribution >= 0.6 is 0 Å². The first-order valence-corrected chi connectivity index (χ1v) is 14.9. The Morgan fingerprint density at radius 1 is 1.08 bits per heavy atom. The van der Waals surface area contributed by atoms with Crippen LogP contribution in [0.25, 0.3) is 0 Å². The normalized spacial score (nSPS) is 49.3. The van der Waals surface area contributed by atoms with Crippen molar-refractivity contribution >= 4 is 17.8 Å². The van der Waals surface area contributed by atoms with Crippen molar-refractivity contribution in [3.63, 3.8) is 0 Å². The fourth-order valence-electron chi connectivity index (χ4n) is 10.4. The van der Waals surface area contributed by atoms with Crippen LogP contribution < -0.4 is 0 Å². The van der Waals surface area contributed by atoms with E-state index < -0.39 is 34.9 Å². The molecular formula is C30H47NO7. The summed E-state index contributed by atoms with van der Waals surface area (Å²) in [6, 6.07) is 0. The molecule has 5 fully saturated rings. The number of imide groups is 1. The molecule has 12 atom stereocenters. The van der Waals surface area contributed by atoms with Gasteiger partial charge in [-0.1, -0.05) is 27.7 Å². The second-order valence-electron chi connectivity index (χ2n) is 14.3. The van der Waals surface area contributed by atoms with Crippen LogP contribution in [0.4, 0.5) is 0 Å². The number of hydrogen-bond donors (Lipinski definition) is 3. The van der Waals surface area contributed by atoms with Crippen molar-refractivity contribution in [2.75, 3.05) is 0 Å². The molecule has 0 aromatic heterocycles. The number of hydroxylamine groups is 2. The Bertz CT molecular complexity index is 966. The highest BCUT2D eigenvalue weighted by Gasteiger charge is 2.70. The zero-order valence-electron chi connectivity index (χ0n) is 23.7. The smallest absolute Gasteiger partial charge is 0.333 e. The third kappa shape index (κ3) is 4.15. The number of hydrogen-bond acceptors (Lipinski definition) is 7. The minimum atomic E-state index is -0.932. The van der Waals surface area contributed by atoms with Gasteiger partial charge in [0.1, 0.15) is 0 Å². The molecule has 2 amide bonds. The Morgan fingerprint density at radius 3 is 2.39 bits per heavy atom. The molecule has 3 N–H and O–H groups in total. The molecule has 0 aromatic rings. The van der Waals surface area contributed by atoms with Crippen LogP contribution in [0.5, 0.6) is 0 Å². The average molecular weight is 534 g/mol. The van der Waals surface area contributed by atoms with E-state index in [1.807, 2.05) is 6.92 Å². The van der Waals surface area contributed by atoms with Gasteiger partial charge in [-0.2, -0.15) is 0 Å². The molecule has 8 nitrogen and oxygen atoms in total. The molecule has 5 aliphatic rings. The summed E-state index contributed by atoms with van der Waals surface area (Å²) in [6.45, 7) is 10.9. The van der Waals surface area contributed by atoms with Crippen molar-refractivity contribution in [3.8, 4) is 0 Å². The molecule has 0 spiro atoms. The highest BCUT2D eigenvalue weighted by atomic mass is 16.7. The molecule has 8 heteroatoms. The Labute approximate surface area is 226 Å². The summed E-state index contributed by atoms with van der Waals surface area (Å²) in [5.74, 6) is -0.180. The molecule has 9 unspecified atom stereocenters. The van der Waals surface area contributed by atoms with E-state index in [4.69, 9.17) is 4.84 Å². The standard InChI is InChI=1S/C30H47NO7/c1-16(6-9-25(36)38-31-23(34)7-8-24(31)35)27-17(2)12-20-26-21(15-29(4,37)30(20,27)5)28(3)11-10-19(32)13-18(28)14-22(26)33/h16-22,26-27,32-33,37H,6-15H2,1-5H3/t16-,17+,18?,19?,20?,21?,22?,26?,27?,28?,29+,30?/m1/s1. The number of aliphatic hydroxyl groups excluding tert-OH is 2. The van der Waals surface area contributed by atoms with Crippen LogP contribution in [0, 0.1) is 52.3 Å². The summed E-state index contributed by atoms with van der Waals surface area (Å²) in [5, 5.41) is 34.8. The lowest BCUT2D eigenvalue weighted by Gasteiger charge is -2.66. The molecule has 1 heterocycles. The first kappa shape index (κ1) is 28.0. The second-order valence-corrected chi connectivity index (χ2v) is 14.3. The summed E-state index contributed by atoms with van der Waals surface area (Å²) >= 11 is 0. The van der Waals surface area contributed by atoms with Gasteiger partial charge in [0.2, 0.25) is 0 Å². The number of carbonyl (C=O) groups excluding carboxylic acids is 3. The highest BCUT2D eigenvalue weighted by Crippen LogP contribution is 2.71. The molecule has 0 bridgehead atoms. The summed E-state index contributed by atoms with van der Waals surface area (Å²) in [5.41, 5.74) is -1.34. The quantitative estimate of drug-likeness (QED) is 0.461. The Kier molecular flexibility index (Phi) is 7.05. The van der Waals surface area contributed by atoms with Crippen molar-refractivity contribution in [3.05, 3.63) is 0 Å². The molecule has 1 saturated heterocycles. The number of nitrogens with zero attached hydrogens (tertiary/aromatic N) is 1. The predicted octanol–water partition coefficient (Wildman–Crippen LogP) is 3.61. The van der Waals surface area contributed by atoms with Crippen molar-refractivity contribution in [1.29, 1.82) is 0 Å². The van der Waals surface area contributed by atoms with Gasteiger partial charge in [-0.05, 0) is 98.7 Å². The van der Waals surface area contributed by atoms with Crippen LogP contribution in [0.3, 0.4) is 0 Å². The van der Waals surface area contributed by atoms with E-state index in [-0.39, 0.29) is 66.3 Å². The molecule has 214 valence electrons. The minimum absolute atomic E-state index is 0.00951. The van der Waals surface area contributed by atoms with Crippen molar-refractivity contribution in [1.82, 2.24) is 5.06 Å². The minimum Gasteiger partial charge on any atom is -0.393 e. The van der Waals surface area contributed by atoms with Crippen molar-refractivity contribution in [2.24, 2.45) is 52.3 Å². The van der Waals surface area contributed by atoms with Crippen LogP contribution in [0.15, 0.2) is 0 Å². The highest BCUT2D eigenvalue weighted by molar-refractivity contribution is 6.01. The van der Waals surface area contributed by atoms with Gasteiger partial charge in [0, 0.05) is 24.7 Å². The maximum Gasteiger partial charge on any atom is 0.333 e. The van der Waals surface area contributed by atoms with Gasteiger partial charge in [0.15, 0.2) is 0 Å². The number of aliphatic hydroxyl groups is 3. The lowest BCUT2D eigenvalue weighted by molar-refractivity contribution is -0.241. The average Bonchev–Trinajstić information content (AvgIpc) is 3.29. The van der Waals surface area contributed by atoms with Gasteiger partial charge in [0.05, 0.1) is 17.8 Å². The van der Waals surface area contributed by atoms with E-state index in [1.54, 1.807) is 0 Å². The summed E-state index contributed by atoms with van der Waals surface area (Å²) < 4.78 is 0. The zero-order valence-corrected chi connectivity index (χ0v) is 23.7. The molecule has 38 heavy (non-hydrogen) atoms. The molecule has 1 aliphatic heterocycles. The van der Waals surface area contributed by atoms with Crippen LogP contribution in [0.1, 0.15) is 98.8 Å². The van der Waals surface area contributed by atoms with E-state index in [0.717, 1.165) is 32.1 Å². The Morgan fingerprint density at radius 2 is 1.74 bits per heavy atom. The zero-order chi connectivity index (χ0) is 27.8. The van der Waals surface area contributed by atoms with Gasteiger partial charge in [-0.25, -0.2) is 4.79 Å². The summed E-state index contributed by atoms with van der Waals surface area (Å²) in [4.78, 5) is 41.3. The monoisotopic (exact) mass is 533 g/mol. The summed E-state index contributed by atoms with van der Waals surface area (Å²) in [6.07, 6.45) is 4.82. The Hall–Kier alpha value is -1.51. The largest absolute Gasteiger partial charge is 0.393 e. The number of carbonyl (C=O) groups is 3. The van der Waals surface area contributed by atoms with Gasteiger partial charge in [-0.15, -0.1) is 5.06 Å². The second kappa shape index (κ2) is 9.55. The molecule has 4 aliphatic carbocycles. The number of rotatable bonds is 5. The SMILES string of the molecule is C[C@H](CCC(=O)ON1C(=O)CCC1=O)C1[C@@H](C)CC2C3C(O)CC4CC(O)CCC4(C)C3C[C@](C)(O)C21C. The predicted molar refractivity (Wildman–Crippen MR) is 139 cm³/mol. The number of fused-ring (bicyclic) bond motifs is 5. The van der Waals surface area contributed by atoms with Crippen molar-refractivity contribution in [2.45, 2.75) is 117 Å². The molecule has 0 aromatic carbocycles. The van der Waals surface area contributed by atoms with E-state index in [9.17, 15) is 29.7 Å². The summed E-state index contributed by atoms with van der Waals surface area (Å²) in [7, 11) is 0. The molecule has 5 rings (SSSR count). The van der Waals surface area contributed by atoms with E-state index in [1.165, 1.54) is 0 Å². The lowest BCUT2D eigenvalue weighted by Crippen LogP contribution is -2.66. The third-order valence-electron chi connectivity index (χ3n) is 12.3. The maximum absolute atomic E-state index is 12.5. The van der Waals surface area contributed by atoms with E-state index in [0.29, 0.717) is 23.8 Å². The topological polar surface area (TPSA) is 124 Å². The molecular weight excluding hydrogens is 486 g/mol. The van der Waals surface area contributed by atoms with E-state index in [2.05, 4.69) is 27.7 Å². The maximum atomic E-state index is 12.5. The van der Waals surface area contributed by atoms with Crippen LogP contribution in [-0.4, -0.2) is 56.0 Å². The number of amides is 2.